The fourth-order valence-electron chi connectivity index (χ4n) is 2.57. The van der Waals surface area contributed by atoms with Crippen LogP contribution in [0.3, 0.4) is 0 Å². The molecule has 0 aromatic heterocycles. The van der Waals surface area contributed by atoms with E-state index in [1.54, 1.807) is 24.3 Å². The Hall–Kier alpha value is -1.68. The van der Waals surface area contributed by atoms with Crippen LogP contribution in [-0.4, -0.2) is 6.10 Å². The van der Waals surface area contributed by atoms with Gasteiger partial charge in [-0.2, -0.15) is 13.2 Å². The Morgan fingerprint density at radius 2 is 1.95 bits per heavy atom. The van der Waals surface area contributed by atoms with Crippen molar-refractivity contribution >= 4 is 11.6 Å². The molecule has 1 atom stereocenters. The second-order valence-corrected chi connectivity index (χ2v) is 5.59. The van der Waals surface area contributed by atoms with Crippen LogP contribution < -0.4 is 4.74 Å². The van der Waals surface area contributed by atoms with Gasteiger partial charge in [-0.3, -0.25) is 0 Å². The number of halogens is 4. The lowest BCUT2D eigenvalue weighted by Crippen LogP contribution is -2.05. The number of alkyl halides is 3. The van der Waals surface area contributed by atoms with E-state index in [0.717, 1.165) is 6.07 Å². The van der Waals surface area contributed by atoms with Gasteiger partial charge in [0.1, 0.15) is 11.9 Å². The minimum Gasteiger partial charge on any atom is -0.489 e. The average Bonchev–Trinajstić information content (AvgIpc) is 2.76. The van der Waals surface area contributed by atoms with Crippen molar-refractivity contribution < 1.29 is 17.9 Å². The maximum Gasteiger partial charge on any atom is 0.416 e. The first-order valence-electron chi connectivity index (χ1n) is 6.51. The SMILES string of the molecule is CC1Cc2cc(C(F)(F)F)cc(-c3cccc(Cl)c3)c2O1. The summed E-state index contributed by atoms with van der Waals surface area (Å²) in [6.07, 6.45) is -4.03. The average molecular weight is 313 g/mol. The lowest BCUT2D eigenvalue weighted by molar-refractivity contribution is -0.137. The van der Waals surface area contributed by atoms with Crippen LogP contribution in [0.1, 0.15) is 18.1 Å². The minimum absolute atomic E-state index is 0.124. The van der Waals surface area contributed by atoms with Crippen LogP contribution in [0, 0.1) is 0 Å². The van der Waals surface area contributed by atoms with Crippen molar-refractivity contribution in [3.63, 3.8) is 0 Å². The molecule has 2 aromatic rings. The van der Waals surface area contributed by atoms with Crippen LogP contribution in [-0.2, 0) is 12.6 Å². The van der Waals surface area contributed by atoms with Gasteiger partial charge >= 0.3 is 6.18 Å². The predicted molar refractivity (Wildman–Crippen MR) is 75.7 cm³/mol. The second kappa shape index (κ2) is 4.95. The van der Waals surface area contributed by atoms with Crippen molar-refractivity contribution in [2.75, 3.05) is 0 Å². The van der Waals surface area contributed by atoms with Crippen molar-refractivity contribution in [1.82, 2.24) is 0 Å². The molecule has 0 fully saturated rings. The third kappa shape index (κ3) is 2.72. The van der Waals surface area contributed by atoms with E-state index in [0.29, 0.717) is 33.9 Å². The van der Waals surface area contributed by atoms with Crippen molar-refractivity contribution in [1.29, 1.82) is 0 Å². The predicted octanol–water partition coefficient (Wildman–Crippen LogP) is 5.35. The molecule has 0 N–H and O–H groups in total. The molecule has 0 saturated carbocycles. The first kappa shape index (κ1) is 14.3. The molecule has 1 unspecified atom stereocenters. The molecular weight excluding hydrogens is 301 g/mol. The van der Waals surface area contributed by atoms with E-state index in [4.69, 9.17) is 16.3 Å². The molecule has 0 bridgehead atoms. The molecule has 21 heavy (non-hydrogen) atoms. The number of ether oxygens (including phenoxy) is 1. The lowest BCUT2D eigenvalue weighted by atomic mass is 9.97. The maximum atomic E-state index is 13.1. The highest BCUT2D eigenvalue weighted by Crippen LogP contribution is 2.43. The molecule has 3 rings (SSSR count). The molecule has 0 amide bonds. The summed E-state index contributed by atoms with van der Waals surface area (Å²) in [4.78, 5) is 0. The summed E-state index contributed by atoms with van der Waals surface area (Å²) in [5.74, 6) is 0.526. The summed E-state index contributed by atoms with van der Waals surface area (Å²) < 4.78 is 44.9. The number of rotatable bonds is 1. The molecule has 0 saturated heterocycles. The first-order chi connectivity index (χ1) is 9.84. The third-order valence-electron chi connectivity index (χ3n) is 3.46. The van der Waals surface area contributed by atoms with E-state index < -0.39 is 11.7 Å². The third-order valence-corrected chi connectivity index (χ3v) is 3.69. The lowest BCUT2D eigenvalue weighted by Gasteiger charge is -2.14. The maximum absolute atomic E-state index is 13.1. The van der Waals surface area contributed by atoms with E-state index in [2.05, 4.69) is 0 Å². The Morgan fingerprint density at radius 3 is 2.62 bits per heavy atom. The second-order valence-electron chi connectivity index (χ2n) is 5.15. The van der Waals surface area contributed by atoms with Gasteiger partial charge in [-0.05, 0) is 42.3 Å². The van der Waals surface area contributed by atoms with Gasteiger partial charge in [-0.1, -0.05) is 23.7 Å². The summed E-state index contributed by atoms with van der Waals surface area (Å²) in [5, 5.41) is 0.477. The van der Waals surface area contributed by atoms with Crippen molar-refractivity contribution in [3.8, 4) is 16.9 Å². The van der Waals surface area contributed by atoms with Gasteiger partial charge in [0.2, 0.25) is 0 Å². The van der Waals surface area contributed by atoms with Gasteiger partial charge in [0.05, 0.1) is 5.56 Å². The van der Waals surface area contributed by atoms with Gasteiger partial charge < -0.3 is 4.74 Å². The van der Waals surface area contributed by atoms with Gasteiger partial charge in [0.15, 0.2) is 0 Å². The molecule has 5 heteroatoms. The van der Waals surface area contributed by atoms with Crippen molar-refractivity contribution in [3.05, 3.63) is 52.5 Å². The fourth-order valence-corrected chi connectivity index (χ4v) is 2.76. The van der Waals surface area contributed by atoms with Crippen LogP contribution >= 0.6 is 11.6 Å². The summed E-state index contributed by atoms with van der Waals surface area (Å²) in [6, 6.07) is 9.07. The van der Waals surface area contributed by atoms with E-state index in [-0.39, 0.29) is 6.10 Å². The fraction of sp³-hybridized carbons (Fsp3) is 0.250. The molecule has 0 aliphatic carbocycles. The number of fused-ring (bicyclic) bond motifs is 1. The van der Waals surface area contributed by atoms with Crippen LogP contribution in [0.2, 0.25) is 5.02 Å². The molecule has 110 valence electrons. The Balaban J connectivity index is 2.22. The minimum atomic E-state index is -4.38. The van der Waals surface area contributed by atoms with E-state index in [9.17, 15) is 13.2 Å². The molecule has 2 aromatic carbocycles. The molecule has 1 nitrogen and oxygen atoms in total. The van der Waals surface area contributed by atoms with Gasteiger partial charge in [0, 0.05) is 17.0 Å². The normalized spacial score (nSPS) is 17.5. The number of hydrogen-bond acceptors (Lipinski definition) is 1. The first-order valence-corrected chi connectivity index (χ1v) is 6.89. The summed E-state index contributed by atoms with van der Waals surface area (Å²) in [7, 11) is 0. The zero-order chi connectivity index (χ0) is 15.2. The highest BCUT2D eigenvalue weighted by atomic mass is 35.5. The number of benzene rings is 2. The summed E-state index contributed by atoms with van der Waals surface area (Å²) >= 11 is 5.94. The van der Waals surface area contributed by atoms with E-state index in [1.165, 1.54) is 6.07 Å². The summed E-state index contributed by atoms with van der Waals surface area (Å²) in [6.45, 7) is 1.84. The molecule has 1 heterocycles. The van der Waals surface area contributed by atoms with Crippen LogP contribution in [0.15, 0.2) is 36.4 Å². The Kier molecular flexibility index (Phi) is 3.36. The topological polar surface area (TPSA) is 9.23 Å². The van der Waals surface area contributed by atoms with Crippen LogP contribution in [0.5, 0.6) is 5.75 Å². The zero-order valence-corrected chi connectivity index (χ0v) is 11.9. The quantitative estimate of drug-likeness (QED) is 0.689. The smallest absolute Gasteiger partial charge is 0.416 e. The largest absolute Gasteiger partial charge is 0.489 e. The number of hydrogen-bond donors (Lipinski definition) is 0. The Morgan fingerprint density at radius 1 is 1.19 bits per heavy atom. The van der Waals surface area contributed by atoms with Crippen molar-refractivity contribution in [2.45, 2.75) is 25.6 Å². The van der Waals surface area contributed by atoms with Crippen LogP contribution in [0.25, 0.3) is 11.1 Å². The molecular formula is C16H12ClF3O. The summed E-state index contributed by atoms with van der Waals surface area (Å²) in [5.41, 5.74) is 0.992. The van der Waals surface area contributed by atoms with Gasteiger partial charge in [-0.25, -0.2) is 0 Å². The monoisotopic (exact) mass is 312 g/mol. The Bertz CT molecular complexity index is 694. The van der Waals surface area contributed by atoms with Crippen molar-refractivity contribution in [2.24, 2.45) is 0 Å². The highest BCUT2D eigenvalue weighted by molar-refractivity contribution is 6.30. The molecule has 0 radical (unpaired) electrons. The van der Waals surface area contributed by atoms with E-state index >= 15 is 0 Å². The van der Waals surface area contributed by atoms with E-state index in [1.807, 2.05) is 6.92 Å². The molecule has 1 aliphatic rings. The Labute approximate surface area is 125 Å². The van der Waals surface area contributed by atoms with Gasteiger partial charge in [-0.15, -0.1) is 0 Å². The highest BCUT2D eigenvalue weighted by Gasteiger charge is 2.34. The van der Waals surface area contributed by atoms with Gasteiger partial charge in [0.25, 0.3) is 0 Å². The zero-order valence-electron chi connectivity index (χ0n) is 11.2. The molecule has 0 spiro atoms. The molecule has 1 aliphatic heterocycles. The van der Waals surface area contributed by atoms with Crippen LogP contribution in [0.4, 0.5) is 13.2 Å². The standard InChI is InChI=1S/C16H12ClF3O/c1-9-5-11-6-12(16(18,19)20)8-14(15(11)21-9)10-3-2-4-13(17)7-10/h2-4,6-9H,5H2,1H3.